The summed E-state index contributed by atoms with van der Waals surface area (Å²) in [6.45, 7) is 2.34. The predicted octanol–water partition coefficient (Wildman–Crippen LogP) is -0.442. The van der Waals surface area contributed by atoms with Gasteiger partial charge in [0.25, 0.3) is 0 Å². The van der Waals surface area contributed by atoms with Crippen molar-refractivity contribution in [2.45, 2.75) is 0 Å². The lowest BCUT2D eigenvalue weighted by molar-refractivity contribution is 0.387. The van der Waals surface area contributed by atoms with E-state index >= 15 is 0 Å². The molecule has 0 N–H and O–H groups in total. The highest BCUT2D eigenvalue weighted by Gasteiger charge is 2.23. The minimum atomic E-state index is -3.06. The second-order valence-corrected chi connectivity index (χ2v) is 5.70. The smallest absolute Gasteiger partial charge is 0.211 e. The summed E-state index contributed by atoms with van der Waals surface area (Å²) in [5, 5.41) is 0. The number of hydrogen-bond donors (Lipinski definition) is 0. The van der Waals surface area contributed by atoms with E-state index in [-0.39, 0.29) is 0 Å². The Morgan fingerprint density at radius 2 is 1.88 bits per heavy atom. The van der Waals surface area contributed by atoms with E-state index in [1.54, 1.807) is 18.6 Å². The van der Waals surface area contributed by atoms with Crippen molar-refractivity contribution in [2.24, 2.45) is 0 Å². The first-order chi connectivity index (χ1) is 7.57. The largest absolute Gasteiger partial charge is 0.353 e. The number of rotatable bonds is 2. The molecule has 0 spiro atoms. The van der Waals surface area contributed by atoms with Gasteiger partial charge in [0.1, 0.15) is 5.82 Å². The molecule has 2 heterocycles. The Kier molecular flexibility index (Phi) is 3.06. The molecule has 0 unspecified atom stereocenters. The summed E-state index contributed by atoms with van der Waals surface area (Å²) >= 11 is 0. The summed E-state index contributed by atoms with van der Waals surface area (Å²) in [6, 6.07) is 0. The molecule has 0 aromatic carbocycles. The molecule has 0 radical (unpaired) electrons. The van der Waals surface area contributed by atoms with Crippen LogP contribution in [0.15, 0.2) is 18.6 Å². The fourth-order valence-electron chi connectivity index (χ4n) is 1.70. The Bertz CT molecular complexity index is 440. The Hall–Kier alpha value is -1.21. The van der Waals surface area contributed by atoms with Crippen molar-refractivity contribution in [3.8, 4) is 0 Å². The van der Waals surface area contributed by atoms with E-state index in [9.17, 15) is 8.42 Å². The standard InChI is InChI=1S/C9H14N4O2S/c1-16(14,15)13-6-4-12(5-7-13)9-8-10-2-3-11-9/h2-3,8H,4-7H2,1H3. The average molecular weight is 242 g/mol. The van der Waals surface area contributed by atoms with Crippen molar-refractivity contribution in [3.63, 3.8) is 0 Å². The third-order valence-electron chi connectivity index (χ3n) is 2.58. The lowest BCUT2D eigenvalue weighted by Crippen LogP contribution is -2.48. The molecule has 1 aromatic rings. The molecule has 1 fully saturated rings. The fraction of sp³-hybridized carbons (Fsp3) is 0.556. The first-order valence-electron chi connectivity index (χ1n) is 5.03. The van der Waals surface area contributed by atoms with Crippen LogP contribution >= 0.6 is 0 Å². The van der Waals surface area contributed by atoms with Crippen LogP contribution in [0.2, 0.25) is 0 Å². The van der Waals surface area contributed by atoms with Gasteiger partial charge in [0.15, 0.2) is 0 Å². The molecule has 1 aromatic heterocycles. The van der Waals surface area contributed by atoms with Crippen LogP contribution in [0.5, 0.6) is 0 Å². The quantitative estimate of drug-likeness (QED) is 0.703. The Morgan fingerprint density at radius 3 is 2.38 bits per heavy atom. The molecule has 88 valence electrons. The number of piperazine rings is 1. The van der Waals surface area contributed by atoms with Gasteiger partial charge >= 0.3 is 0 Å². The molecule has 0 atom stereocenters. The molecule has 1 aliphatic heterocycles. The molecule has 16 heavy (non-hydrogen) atoms. The van der Waals surface area contributed by atoms with Crippen molar-refractivity contribution in [2.75, 3.05) is 37.3 Å². The van der Waals surface area contributed by atoms with Gasteiger partial charge in [-0.3, -0.25) is 4.98 Å². The van der Waals surface area contributed by atoms with Gasteiger partial charge in [-0.1, -0.05) is 0 Å². The van der Waals surface area contributed by atoms with Crippen LogP contribution in [0, 0.1) is 0 Å². The molecule has 0 amide bonds. The van der Waals surface area contributed by atoms with Gasteiger partial charge in [-0.2, -0.15) is 4.31 Å². The molecule has 0 saturated carbocycles. The maximum absolute atomic E-state index is 11.3. The first-order valence-corrected chi connectivity index (χ1v) is 6.88. The third-order valence-corrected chi connectivity index (χ3v) is 3.88. The fourth-order valence-corrected chi connectivity index (χ4v) is 2.53. The lowest BCUT2D eigenvalue weighted by Gasteiger charge is -2.33. The number of hydrogen-bond acceptors (Lipinski definition) is 5. The van der Waals surface area contributed by atoms with Crippen molar-refractivity contribution >= 4 is 15.8 Å². The summed E-state index contributed by atoms with van der Waals surface area (Å²) in [5.74, 6) is 0.802. The second-order valence-electron chi connectivity index (χ2n) is 3.71. The summed E-state index contributed by atoms with van der Waals surface area (Å²) in [7, 11) is -3.06. The molecule has 0 aliphatic carbocycles. The monoisotopic (exact) mass is 242 g/mol. The van der Waals surface area contributed by atoms with Crippen molar-refractivity contribution in [1.29, 1.82) is 0 Å². The lowest BCUT2D eigenvalue weighted by atomic mass is 10.3. The average Bonchev–Trinajstić information content (AvgIpc) is 2.29. The highest BCUT2D eigenvalue weighted by molar-refractivity contribution is 7.88. The van der Waals surface area contributed by atoms with Gasteiger partial charge in [-0.25, -0.2) is 13.4 Å². The molecule has 7 heteroatoms. The van der Waals surface area contributed by atoms with Crippen molar-refractivity contribution < 1.29 is 8.42 Å². The maximum Gasteiger partial charge on any atom is 0.211 e. The zero-order chi connectivity index (χ0) is 11.6. The summed E-state index contributed by atoms with van der Waals surface area (Å²) in [6.07, 6.45) is 6.19. The van der Waals surface area contributed by atoms with Crippen molar-refractivity contribution in [1.82, 2.24) is 14.3 Å². The van der Waals surface area contributed by atoms with E-state index in [4.69, 9.17) is 0 Å². The second kappa shape index (κ2) is 4.34. The van der Waals surface area contributed by atoms with Crippen LogP contribution in [0.4, 0.5) is 5.82 Å². The van der Waals surface area contributed by atoms with Crippen molar-refractivity contribution in [3.05, 3.63) is 18.6 Å². The predicted molar refractivity (Wildman–Crippen MR) is 60.7 cm³/mol. The number of sulfonamides is 1. The Balaban J connectivity index is 2.01. The number of aromatic nitrogens is 2. The molecule has 6 nitrogen and oxygen atoms in total. The van der Waals surface area contributed by atoms with Crippen LogP contribution in [0.3, 0.4) is 0 Å². The topological polar surface area (TPSA) is 66.4 Å². The Labute approximate surface area is 95.0 Å². The van der Waals surface area contributed by atoms with E-state index in [0.29, 0.717) is 26.2 Å². The van der Waals surface area contributed by atoms with E-state index in [1.807, 2.05) is 4.90 Å². The minimum absolute atomic E-state index is 0.509. The molecule has 1 aliphatic rings. The van der Waals surface area contributed by atoms with E-state index in [0.717, 1.165) is 5.82 Å². The van der Waals surface area contributed by atoms with E-state index < -0.39 is 10.0 Å². The highest BCUT2D eigenvalue weighted by atomic mass is 32.2. The van der Waals surface area contributed by atoms with Crippen LogP contribution in [-0.2, 0) is 10.0 Å². The maximum atomic E-state index is 11.3. The number of nitrogens with zero attached hydrogens (tertiary/aromatic N) is 4. The zero-order valence-corrected chi connectivity index (χ0v) is 9.89. The van der Waals surface area contributed by atoms with Gasteiger partial charge in [0.05, 0.1) is 12.5 Å². The van der Waals surface area contributed by atoms with Crippen LogP contribution in [-0.4, -0.2) is 55.1 Å². The van der Waals surface area contributed by atoms with Crippen LogP contribution in [0.25, 0.3) is 0 Å². The van der Waals surface area contributed by atoms with Gasteiger partial charge in [0.2, 0.25) is 10.0 Å². The summed E-state index contributed by atoms with van der Waals surface area (Å²) in [4.78, 5) is 10.2. The van der Waals surface area contributed by atoms with Crippen LogP contribution < -0.4 is 4.90 Å². The molecule has 0 bridgehead atoms. The zero-order valence-electron chi connectivity index (χ0n) is 9.07. The number of anilines is 1. The molecule has 1 saturated heterocycles. The summed E-state index contributed by atoms with van der Waals surface area (Å²) in [5.41, 5.74) is 0. The minimum Gasteiger partial charge on any atom is -0.353 e. The van der Waals surface area contributed by atoms with Gasteiger partial charge in [-0.05, 0) is 0 Å². The third kappa shape index (κ3) is 2.48. The molecular formula is C9H14N4O2S. The van der Waals surface area contributed by atoms with E-state index in [2.05, 4.69) is 9.97 Å². The van der Waals surface area contributed by atoms with Gasteiger partial charge in [0, 0.05) is 38.6 Å². The SMILES string of the molecule is CS(=O)(=O)N1CCN(c2cnccn2)CC1. The molecule has 2 rings (SSSR count). The van der Waals surface area contributed by atoms with Crippen LogP contribution in [0.1, 0.15) is 0 Å². The first kappa shape index (κ1) is 11.3. The van der Waals surface area contributed by atoms with Gasteiger partial charge in [-0.15, -0.1) is 0 Å². The summed E-state index contributed by atoms with van der Waals surface area (Å²) < 4.78 is 24.1. The Morgan fingerprint density at radius 1 is 1.19 bits per heavy atom. The molecular weight excluding hydrogens is 228 g/mol. The highest BCUT2D eigenvalue weighted by Crippen LogP contribution is 2.12. The van der Waals surface area contributed by atoms with Gasteiger partial charge < -0.3 is 4.90 Å². The van der Waals surface area contributed by atoms with E-state index in [1.165, 1.54) is 10.6 Å². The normalized spacial score (nSPS) is 18.7.